The van der Waals surface area contributed by atoms with E-state index in [1.807, 2.05) is 0 Å². The van der Waals surface area contributed by atoms with E-state index in [4.69, 9.17) is 11.6 Å². The van der Waals surface area contributed by atoms with Gasteiger partial charge in [0.15, 0.2) is 0 Å². The van der Waals surface area contributed by atoms with Crippen molar-refractivity contribution in [2.45, 2.75) is 4.90 Å². The SMILES string of the molecule is C=CCN(CC=C)S(=O)(=O)c1ccc(C(=O)Nc2ccccc2Cl)cc1. The van der Waals surface area contributed by atoms with E-state index in [0.29, 0.717) is 16.3 Å². The van der Waals surface area contributed by atoms with Crippen LogP contribution >= 0.6 is 11.6 Å². The number of rotatable bonds is 8. The molecule has 0 aliphatic heterocycles. The molecule has 1 amide bonds. The molecule has 2 aromatic rings. The van der Waals surface area contributed by atoms with Crippen molar-refractivity contribution in [2.75, 3.05) is 18.4 Å². The number of amides is 1. The van der Waals surface area contributed by atoms with Crippen molar-refractivity contribution in [3.63, 3.8) is 0 Å². The minimum absolute atomic E-state index is 0.0930. The van der Waals surface area contributed by atoms with Crippen LogP contribution in [0.2, 0.25) is 5.02 Å². The molecule has 26 heavy (non-hydrogen) atoms. The van der Waals surface area contributed by atoms with E-state index in [0.717, 1.165) is 0 Å². The Morgan fingerprint density at radius 3 is 2.15 bits per heavy atom. The molecule has 0 bridgehead atoms. The standard InChI is InChI=1S/C19H19ClN2O3S/c1-3-13-22(14-4-2)26(24,25)16-11-9-15(10-12-16)19(23)21-18-8-6-5-7-17(18)20/h3-12H,1-2,13-14H2,(H,21,23). The third-order valence-electron chi connectivity index (χ3n) is 3.54. The molecule has 0 atom stereocenters. The van der Waals surface area contributed by atoms with Gasteiger partial charge in [-0.25, -0.2) is 8.42 Å². The molecule has 2 rings (SSSR count). The molecule has 0 aliphatic carbocycles. The van der Waals surface area contributed by atoms with Crippen LogP contribution in [0.5, 0.6) is 0 Å². The second-order valence-corrected chi connectivity index (χ2v) is 7.70. The Hall–Kier alpha value is -2.41. The van der Waals surface area contributed by atoms with Crippen LogP contribution in [0, 0.1) is 0 Å². The molecule has 0 heterocycles. The van der Waals surface area contributed by atoms with Gasteiger partial charge in [-0.1, -0.05) is 35.9 Å². The minimum atomic E-state index is -3.70. The number of anilines is 1. The van der Waals surface area contributed by atoms with E-state index < -0.39 is 10.0 Å². The Morgan fingerprint density at radius 1 is 1.04 bits per heavy atom. The van der Waals surface area contributed by atoms with E-state index in [9.17, 15) is 13.2 Å². The van der Waals surface area contributed by atoms with Crippen LogP contribution in [0.3, 0.4) is 0 Å². The van der Waals surface area contributed by atoms with Gasteiger partial charge in [0.25, 0.3) is 5.91 Å². The highest BCUT2D eigenvalue weighted by Gasteiger charge is 2.22. The topological polar surface area (TPSA) is 66.5 Å². The molecule has 5 nitrogen and oxygen atoms in total. The van der Waals surface area contributed by atoms with Gasteiger partial charge in [-0.05, 0) is 36.4 Å². The van der Waals surface area contributed by atoms with Crippen molar-refractivity contribution in [2.24, 2.45) is 0 Å². The summed E-state index contributed by atoms with van der Waals surface area (Å²) < 4.78 is 26.5. The molecule has 0 unspecified atom stereocenters. The van der Waals surface area contributed by atoms with E-state index in [1.165, 1.54) is 40.7 Å². The zero-order valence-electron chi connectivity index (χ0n) is 14.1. The number of carbonyl (C=O) groups is 1. The molecule has 7 heteroatoms. The van der Waals surface area contributed by atoms with Crippen molar-refractivity contribution in [1.82, 2.24) is 4.31 Å². The van der Waals surface area contributed by atoms with E-state index in [1.54, 1.807) is 24.3 Å². The maximum absolute atomic E-state index is 12.6. The molecule has 136 valence electrons. The van der Waals surface area contributed by atoms with Gasteiger partial charge in [0, 0.05) is 18.7 Å². The van der Waals surface area contributed by atoms with Crippen LogP contribution < -0.4 is 5.32 Å². The lowest BCUT2D eigenvalue weighted by atomic mass is 10.2. The van der Waals surface area contributed by atoms with Crippen LogP contribution in [-0.4, -0.2) is 31.7 Å². The van der Waals surface area contributed by atoms with E-state index >= 15 is 0 Å². The Labute approximate surface area is 158 Å². The number of benzene rings is 2. The summed E-state index contributed by atoms with van der Waals surface area (Å²) in [5, 5.41) is 3.11. The molecule has 0 saturated heterocycles. The molecular formula is C19H19ClN2O3S. The minimum Gasteiger partial charge on any atom is -0.321 e. The summed E-state index contributed by atoms with van der Waals surface area (Å²) in [5.74, 6) is -0.379. The van der Waals surface area contributed by atoms with Gasteiger partial charge in [-0.15, -0.1) is 13.2 Å². The number of para-hydroxylation sites is 1. The quantitative estimate of drug-likeness (QED) is 0.694. The Morgan fingerprint density at radius 2 is 1.62 bits per heavy atom. The second kappa shape index (κ2) is 8.80. The van der Waals surface area contributed by atoms with Crippen molar-refractivity contribution in [1.29, 1.82) is 0 Å². The number of nitrogens with one attached hydrogen (secondary N) is 1. The first-order valence-electron chi connectivity index (χ1n) is 7.78. The van der Waals surface area contributed by atoms with Crippen molar-refractivity contribution in [3.05, 3.63) is 84.4 Å². The van der Waals surface area contributed by atoms with Gasteiger partial charge in [0.1, 0.15) is 0 Å². The first kappa shape index (κ1) is 19.9. The van der Waals surface area contributed by atoms with Gasteiger partial charge in [0.2, 0.25) is 10.0 Å². The van der Waals surface area contributed by atoms with E-state index in [-0.39, 0.29) is 23.9 Å². The van der Waals surface area contributed by atoms with Gasteiger partial charge >= 0.3 is 0 Å². The number of nitrogens with zero attached hydrogens (tertiary/aromatic N) is 1. The second-order valence-electron chi connectivity index (χ2n) is 5.36. The fourth-order valence-electron chi connectivity index (χ4n) is 2.24. The van der Waals surface area contributed by atoms with Crippen LogP contribution in [0.25, 0.3) is 0 Å². The van der Waals surface area contributed by atoms with Gasteiger partial charge in [0.05, 0.1) is 15.6 Å². The van der Waals surface area contributed by atoms with Crippen LogP contribution in [0.4, 0.5) is 5.69 Å². The zero-order chi connectivity index (χ0) is 19.2. The largest absolute Gasteiger partial charge is 0.321 e. The summed E-state index contributed by atoms with van der Waals surface area (Å²) >= 11 is 6.02. The lowest BCUT2D eigenvalue weighted by molar-refractivity contribution is 0.102. The maximum Gasteiger partial charge on any atom is 0.255 e. The molecule has 0 spiro atoms. The normalized spacial score (nSPS) is 11.2. The van der Waals surface area contributed by atoms with E-state index in [2.05, 4.69) is 18.5 Å². The summed E-state index contributed by atoms with van der Waals surface area (Å²) in [7, 11) is -3.70. The highest BCUT2D eigenvalue weighted by Crippen LogP contribution is 2.22. The van der Waals surface area contributed by atoms with Crippen LogP contribution in [-0.2, 0) is 10.0 Å². The lowest BCUT2D eigenvalue weighted by Crippen LogP contribution is -2.31. The number of halogens is 1. The van der Waals surface area contributed by atoms with Crippen molar-refractivity contribution < 1.29 is 13.2 Å². The third-order valence-corrected chi connectivity index (χ3v) is 5.72. The van der Waals surface area contributed by atoms with Crippen LogP contribution in [0.15, 0.2) is 78.7 Å². The smallest absolute Gasteiger partial charge is 0.255 e. The molecule has 0 fully saturated rings. The summed E-state index contributed by atoms with van der Waals surface area (Å²) in [5.41, 5.74) is 0.807. The van der Waals surface area contributed by atoms with Gasteiger partial charge in [-0.3, -0.25) is 4.79 Å². The molecule has 0 saturated carbocycles. The number of carbonyl (C=O) groups excluding carboxylic acids is 1. The monoisotopic (exact) mass is 390 g/mol. The first-order valence-corrected chi connectivity index (χ1v) is 9.60. The zero-order valence-corrected chi connectivity index (χ0v) is 15.6. The van der Waals surface area contributed by atoms with Gasteiger partial charge < -0.3 is 5.32 Å². The maximum atomic E-state index is 12.6. The first-order chi connectivity index (χ1) is 12.4. The highest BCUT2D eigenvalue weighted by molar-refractivity contribution is 7.89. The van der Waals surface area contributed by atoms with Crippen LogP contribution in [0.1, 0.15) is 10.4 Å². The van der Waals surface area contributed by atoms with Crippen molar-refractivity contribution >= 4 is 33.2 Å². The Bertz CT molecular complexity index is 899. The highest BCUT2D eigenvalue weighted by atomic mass is 35.5. The molecule has 0 aliphatic rings. The Kier molecular flexibility index (Phi) is 6.74. The Balaban J connectivity index is 2.21. The summed E-state index contributed by atoms with van der Waals surface area (Å²) in [6, 6.07) is 12.6. The fourth-order valence-corrected chi connectivity index (χ4v) is 3.81. The summed E-state index contributed by atoms with van der Waals surface area (Å²) in [4.78, 5) is 12.4. The molecule has 2 aromatic carbocycles. The fraction of sp³-hybridized carbons (Fsp3) is 0.105. The number of sulfonamides is 1. The van der Waals surface area contributed by atoms with Gasteiger partial charge in [-0.2, -0.15) is 4.31 Å². The molecule has 1 N–H and O–H groups in total. The predicted octanol–water partition coefficient (Wildman–Crippen LogP) is 3.96. The number of hydrogen-bond acceptors (Lipinski definition) is 3. The number of hydrogen-bond donors (Lipinski definition) is 1. The predicted molar refractivity (Wildman–Crippen MR) is 105 cm³/mol. The summed E-state index contributed by atoms with van der Waals surface area (Å²) in [6.07, 6.45) is 3.01. The average Bonchev–Trinajstić information content (AvgIpc) is 2.63. The van der Waals surface area contributed by atoms with Crippen molar-refractivity contribution in [3.8, 4) is 0 Å². The third kappa shape index (κ3) is 4.60. The average molecular weight is 391 g/mol. The molecule has 0 radical (unpaired) electrons. The molecule has 0 aromatic heterocycles. The summed E-state index contributed by atoms with van der Waals surface area (Å²) in [6.45, 7) is 7.48. The molecular weight excluding hydrogens is 372 g/mol. The lowest BCUT2D eigenvalue weighted by Gasteiger charge is -2.19.